The maximum Gasteiger partial charge on any atom is 0.236 e. The van der Waals surface area contributed by atoms with Crippen molar-refractivity contribution >= 4 is 11.8 Å². The third kappa shape index (κ3) is 4.17. The molecule has 0 spiro atoms. The summed E-state index contributed by atoms with van der Waals surface area (Å²) in [5.74, 6) is -0.727. The van der Waals surface area contributed by atoms with Gasteiger partial charge in [-0.15, -0.1) is 0 Å². The highest BCUT2D eigenvalue weighted by Crippen LogP contribution is 2.46. The van der Waals surface area contributed by atoms with Gasteiger partial charge in [-0.1, -0.05) is 0 Å². The molecule has 0 heterocycles. The van der Waals surface area contributed by atoms with Crippen molar-refractivity contribution in [1.29, 1.82) is 0 Å². The van der Waals surface area contributed by atoms with Gasteiger partial charge in [-0.25, -0.2) is 0 Å². The monoisotopic (exact) mass is 300 g/mol. The third-order valence-corrected chi connectivity index (χ3v) is 4.43. The minimum absolute atomic E-state index is 0.363. The van der Waals surface area contributed by atoms with Crippen molar-refractivity contribution in [2.45, 2.75) is 77.7 Å². The number of carbonyl (C=O) groups excluding carboxylic acids is 2. The predicted molar refractivity (Wildman–Crippen MR) is 79.5 cm³/mol. The second-order valence-corrected chi connectivity index (χ2v) is 7.28. The van der Waals surface area contributed by atoms with Crippen molar-refractivity contribution in [3.8, 4) is 0 Å². The molecule has 122 valence electrons. The van der Waals surface area contributed by atoms with E-state index in [-0.39, 0.29) is 11.8 Å². The molecule has 1 rings (SSSR count). The van der Waals surface area contributed by atoms with Crippen LogP contribution < -0.4 is 10.6 Å². The molecule has 0 aromatic rings. The average molecular weight is 300 g/mol. The molecule has 0 aliphatic heterocycles. The lowest BCUT2D eigenvalue weighted by Gasteiger charge is -2.30. The molecular weight excluding hydrogens is 272 g/mol. The smallest absolute Gasteiger partial charge is 0.236 e. The Morgan fingerprint density at radius 2 is 1.19 bits per heavy atom. The van der Waals surface area contributed by atoms with Gasteiger partial charge in [-0.05, 0) is 54.4 Å². The molecule has 0 bridgehead atoms. The van der Waals surface area contributed by atoms with Crippen LogP contribution in [-0.2, 0) is 9.59 Å². The normalized spacial score (nSPS) is 20.4. The fraction of sp³-hybridized carbons (Fsp3) is 0.867. The number of nitrogens with one attached hydrogen (secondary N) is 2. The first-order chi connectivity index (χ1) is 9.30. The topological polar surface area (TPSA) is 98.7 Å². The summed E-state index contributed by atoms with van der Waals surface area (Å²) in [6.07, 6.45) is 0.976. The zero-order valence-corrected chi connectivity index (χ0v) is 13.8. The lowest BCUT2D eigenvalue weighted by molar-refractivity contribution is -0.139. The van der Waals surface area contributed by atoms with Crippen molar-refractivity contribution in [3.63, 3.8) is 0 Å². The van der Waals surface area contributed by atoms with Gasteiger partial charge in [0.1, 0.15) is 5.41 Å². The van der Waals surface area contributed by atoms with Crippen LogP contribution >= 0.6 is 0 Å². The molecule has 0 aromatic carbocycles. The lowest BCUT2D eigenvalue weighted by Crippen LogP contribution is -2.55. The van der Waals surface area contributed by atoms with Crippen molar-refractivity contribution < 1.29 is 19.8 Å². The molecule has 0 saturated heterocycles. The summed E-state index contributed by atoms with van der Waals surface area (Å²) in [5, 5.41) is 25.1. The summed E-state index contributed by atoms with van der Waals surface area (Å²) in [7, 11) is 0. The summed E-state index contributed by atoms with van der Waals surface area (Å²) in [6, 6.07) is -0.913. The molecule has 0 radical (unpaired) electrons. The van der Waals surface area contributed by atoms with E-state index >= 15 is 0 Å². The Bertz CT molecular complexity index is 380. The first-order valence-electron chi connectivity index (χ1n) is 7.37. The SMILES string of the molecule is C[C@@H](NC(=O)C1(C(=O)N[C@H](C)C(C)(C)O)CC1)C(C)(C)O. The van der Waals surface area contributed by atoms with Crippen LogP contribution in [0.2, 0.25) is 0 Å². The fourth-order valence-corrected chi connectivity index (χ4v) is 1.71. The van der Waals surface area contributed by atoms with E-state index in [0.717, 1.165) is 0 Å². The summed E-state index contributed by atoms with van der Waals surface area (Å²) >= 11 is 0. The van der Waals surface area contributed by atoms with Crippen LogP contribution in [0.15, 0.2) is 0 Å². The number of aliphatic hydroxyl groups is 2. The van der Waals surface area contributed by atoms with Crippen LogP contribution in [0.5, 0.6) is 0 Å². The summed E-state index contributed by atoms with van der Waals surface area (Å²) < 4.78 is 0. The van der Waals surface area contributed by atoms with Crippen LogP contribution in [0.25, 0.3) is 0 Å². The quantitative estimate of drug-likeness (QED) is 0.531. The second kappa shape index (κ2) is 5.57. The van der Waals surface area contributed by atoms with Crippen LogP contribution in [0.3, 0.4) is 0 Å². The van der Waals surface area contributed by atoms with Crippen molar-refractivity contribution in [2.75, 3.05) is 0 Å². The zero-order valence-electron chi connectivity index (χ0n) is 13.8. The first kappa shape index (κ1) is 17.9. The molecule has 2 amide bonds. The van der Waals surface area contributed by atoms with Gasteiger partial charge in [0.25, 0.3) is 0 Å². The van der Waals surface area contributed by atoms with E-state index in [1.54, 1.807) is 41.5 Å². The molecule has 0 aromatic heterocycles. The Labute approximate surface area is 126 Å². The second-order valence-electron chi connectivity index (χ2n) is 7.28. The van der Waals surface area contributed by atoms with Gasteiger partial charge in [-0.2, -0.15) is 0 Å². The number of hydrogen-bond acceptors (Lipinski definition) is 4. The lowest BCUT2D eigenvalue weighted by atomic mass is 9.96. The maximum atomic E-state index is 12.3. The Hall–Kier alpha value is -1.14. The molecule has 6 nitrogen and oxygen atoms in total. The molecule has 4 N–H and O–H groups in total. The van der Waals surface area contributed by atoms with E-state index in [9.17, 15) is 19.8 Å². The summed E-state index contributed by atoms with van der Waals surface area (Å²) in [5.41, 5.74) is -3.16. The molecular formula is C15H28N2O4. The first-order valence-corrected chi connectivity index (χ1v) is 7.37. The number of hydrogen-bond donors (Lipinski definition) is 4. The van der Waals surface area contributed by atoms with E-state index in [1.165, 1.54) is 0 Å². The Morgan fingerprint density at radius 1 is 0.905 bits per heavy atom. The van der Waals surface area contributed by atoms with Crippen LogP contribution in [-0.4, -0.2) is 45.3 Å². The number of rotatable bonds is 6. The van der Waals surface area contributed by atoms with Crippen LogP contribution in [0.1, 0.15) is 54.4 Å². The van der Waals surface area contributed by atoms with Gasteiger partial charge in [0.05, 0.1) is 23.3 Å². The van der Waals surface area contributed by atoms with Crippen molar-refractivity contribution in [1.82, 2.24) is 10.6 Å². The Morgan fingerprint density at radius 3 is 1.38 bits per heavy atom. The molecule has 0 unspecified atom stereocenters. The molecule has 1 aliphatic carbocycles. The summed E-state index contributed by atoms with van der Waals surface area (Å²) in [6.45, 7) is 9.82. The largest absolute Gasteiger partial charge is 0.388 e. The van der Waals surface area contributed by atoms with Gasteiger partial charge in [0, 0.05) is 0 Å². The maximum absolute atomic E-state index is 12.3. The highest BCUT2D eigenvalue weighted by atomic mass is 16.3. The highest BCUT2D eigenvalue weighted by Gasteiger charge is 2.57. The van der Waals surface area contributed by atoms with Gasteiger partial charge in [0.15, 0.2) is 0 Å². The minimum atomic E-state index is -1.06. The molecule has 1 aliphatic rings. The average Bonchev–Trinajstić information content (AvgIpc) is 3.06. The highest BCUT2D eigenvalue weighted by molar-refractivity contribution is 6.08. The number of amides is 2. The van der Waals surface area contributed by atoms with Gasteiger partial charge in [-0.3, -0.25) is 9.59 Å². The minimum Gasteiger partial charge on any atom is -0.388 e. The van der Waals surface area contributed by atoms with E-state index in [2.05, 4.69) is 10.6 Å². The summed E-state index contributed by atoms with van der Waals surface area (Å²) in [4.78, 5) is 24.6. The Kier molecular flexibility index (Phi) is 4.75. The number of carbonyl (C=O) groups is 2. The standard InChI is InChI=1S/C15H28N2O4/c1-9(13(3,4)20)16-11(18)15(7-8-15)12(19)17-10(2)14(5,6)21/h9-10,20-21H,7-8H2,1-6H3,(H,16,18)(H,17,19)/t9-,10-/m1/s1. The third-order valence-electron chi connectivity index (χ3n) is 4.43. The van der Waals surface area contributed by atoms with E-state index in [0.29, 0.717) is 12.8 Å². The zero-order chi connectivity index (χ0) is 16.6. The van der Waals surface area contributed by atoms with Crippen molar-refractivity contribution in [2.24, 2.45) is 5.41 Å². The molecule has 1 fully saturated rings. The van der Waals surface area contributed by atoms with Crippen LogP contribution in [0, 0.1) is 5.41 Å². The fourth-order valence-electron chi connectivity index (χ4n) is 1.71. The van der Waals surface area contributed by atoms with E-state index < -0.39 is 28.7 Å². The van der Waals surface area contributed by atoms with Crippen LogP contribution in [0.4, 0.5) is 0 Å². The molecule has 21 heavy (non-hydrogen) atoms. The van der Waals surface area contributed by atoms with E-state index in [4.69, 9.17) is 0 Å². The van der Waals surface area contributed by atoms with E-state index in [1.807, 2.05) is 0 Å². The van der Waals surface area contributed by atoms with Gasteiger partial charge >= 0.3 is 0 Å². The molecule has 6 heteroatoms. The molecule has 1 saturated carbocycles. The predicted octanol–water partition coefficient (Wildman–Crippen LogP) is 0.318. The van der Waals surface area contributed by atoms with Gasteiger partial charge in [0.2, 0.25) is 11.8 Å². The van der Waals surface area contributed by atoms with Gasteiger partial charge < -0.3 is 20.8 Å². The van der Waals surface area contributed by atoms with Crippen molar-refractivity contribution in [3.05, 3.63) is 0 Å². The molecule has 2 atom stereocenters. The Balaban J connectivity index is 2.69.